The molecule has 0 fully saturated rings. The standard InChI is InChI=1S/C25H34O2S3.C24H32O2S3.Ni/c1-6-18(7-2)19-8-13-23(27-15-14-17(3)4)22(16-19)24(28)25(29)30-21-11-9-20(26-5)10-12-21;1-6-17(4)18-7-12-22(26-14-13-16(2)3)21(15-18)23(27)24(28)29-20-10-8-19(25-5)9-11-20;/h8-13,16-18,28-29H,6-7,14-15H2,1-5H3;7-12,15-17,27-28H,6,13-14H2,1-5H3;/p-4/b25-24+;24-23+;. The minimum atomic E-state index is 0. The van der Waals surface area contributed by atoms with Crippen molar-refractivity contribution >= 4 is 83.8 Å². The van der Waals surface area contributed by atoms with Gasteiger partial charge in [0.15, 0.2) is 0 Å². The van der Waals surface area contributed by atoms with Crippen molar-refractivity contribution < 1.29 is 35.4 Å². The Bertz CT molecular complexity index is 1930. The number of methoxy groups -OCH3 is 2. The number of thioether (sulfide) groups is 2. The Morgan fingerprint density at radius 1 is 0.533 bits per heavy atom. The smallest absolute Gasteiger partial charge is 0.124 e. The Balaban J connectivity index is 0.000000407. The van der Waals surface area contributed by atoms with Crippen LogP contribution in [0, 0.1) is 11.8 Å². The van der Waals surface area contributed by atoms with Gasteiger partial charge in [-0.1, -0.05) is 67.5 Å². The Hall–Kier alpha value is -2.37. The molecule has 0 amide bonds. The molecule has 0 saturated carbocycles. The second-order valence-corrected chi connectivity index (χ2v) is 19.5. The summed E-state index contributed by atoms with van der Waals surface area (Å²) < 4.78 is 24.0. The summed E-state index contributed by atoms with van der Waals surface area (Å²) in [5.41, 5.74) is 4.42. The molecule has 0 aliphatic heterocycles. The first-order valence-corrected chi connectivity index (χ1v) is 23.9. The van der Waals surface area contributed by atoms with E-state index in [0.29, 0.717) is 55.2 Å². The van der Waals surface area contributed by atoms with Gasteiger partial charge in [0.2, 0.25) is 0 Å². The zero-order valence-electron chi connectivity index (χ0n) is 36.7. The predicted molar refractivity (Wildman–Crippen MR) is 266 cm³/mol. The van der Waals surface area contributed by atoms with E-state index in [1.54, 1.807) is 14.2 Å². The quantitative estimate of drug-likeness (QED) is 0.0458. The topological polar surface area (TPSA) is 36.9 Å². The second-order valence-electron chi connectivity index (χ2n) is 15.2. The molecule has 0 heterocycles. The Morgan fingerprint density at radius 3 is 1.27 bits per heavy atom. The maximum atomic E-state index is 6.13. The minimum absolute atomic E-state index is 0. The van der Waals surface area contributed by atoms with E-state index in [4.69, 9.17) is 69.5 Å². The van der Waals surface area contributed by atoms with Gasteiger partial charge in [0, 0.05) is 26.3 Å². The molecule has 4 aromatic carbocycles. The summed E-state index contributed by atoms with van der Waals surface area (Å²) in [5.74, 6) is 5.46. The van der Waals surface area contributed by atoms with Crippen LogP contribution >= 0.6 is 23.5 Å². The van der Waals surface area contributed by atoms with Crippen LogP contribution < -0.4 is 18.9 Å². The van der Waals surface area contributed by atoms with E-state index < -0.39 is 0 Å². The third-order valence-corrected chi connectivity index (χ3v) is 14.0. The normalized spacial score (nSPS) is 12.5. The molecule has 1 atom stereocenters. The molecular formula is C49H62NiO4S6-4. The molecule has 0 bridgehead atoms. The molecule has 1 unspecified atom stereocenters. The summed E-state index contributed by atoms with van der Waals surface area (Å²) in [6, 6.07) is 28.5. The van der Waals surface area contributed by atoms with E-state index in [2.05, 4.69) is 85.7 Å². The van der Waals surface area contributed by atoms with Gasteiger partial charge < -0.3 is 69.5 Å². The first kappa shape index (κ1) is 53.8. The fourth-order valence-corrected chi connectivity index (χ4v) is 8.63. The maximum Gasteiger partial charge on any atom is 0.124 e. The van der Waals surface area contributed by atoms with Crippen molar-refractivity contribution in [3.8, 4) is 23.0 Å². The molecule has 0 N–H and O–H groups in total. The molecule has 60 heavy (non-hydrogen) atoms. The summed E-state index contributed by atoms with van der Waals surface area (Å²) in [5, 5.41) is 0. The zero-order valence-corrected chi connectivity index (χ0v) is 42.6. The van der Waals surface area contributed by atoms with Gasteiger partial charge in [0.1, 0.15) is 23.0 Å². The van der Waals surface area contributed by atoms with Gasteiger partial charge in [-0.05, 0) is 151 Å². The maximum absolute atomic E-state index is 6.13. The van der Waals surface area contributed by atoms with Gasteiger partial charge in [0.05, 0.1) is 27.4 Å². The zero-order chi connectivity index (χ0) is 43.5. The van der Waals surface area contributed by atoms with Gasteiger partial charge in [-0.15, -0.1) is 23.5 Å². The van der Waals surface area contributed by atoms with Crippen LogP contribution in [0.2, 0.25) is 0 Å². The molecule has 0 saturated heterocycles. The number of hydrogen-bond acceptors (Lipinski definition) is 10. The van der Waals surface area contributed by atoms with Crippen molar-refractivity contribution in [2.75, 3.05) is 27.4 Å². The predicted octanol–water partition coefficient (Wildman–Crippen LogP) is 14.7. The molecule has 4 nitrogen and oxygen atoms in total. The Morgan fingerprint density at radius 2 is 0.917 bits per heavy atom. The van der Waals surface area contributed by atoms with Gasteiger partial charge in [0.25, 0.3) is 0 Å². The summed E-state index contributed by atoms with van der Waals surface area (Å²) >= 11 is 26.0. The number of hydrogen-bond donors (Lipinski definition) is 0. The van der Waals surface area contributed by atoms with E-state index >= 15 is 0 Å². The van der Waals surface area contributed by atoms with Gasteiger partial charge in [-0.3, -0.25) is 0 Å². The number of rotatable bonds is 21. The van der Waals surface area contributed by atoms with Crippen molar-refractivity contribution in [1.29, 1.82) is 0 Å². The fourth-order valence-electron chi connectivity index (χ4n) is 5.88. The second kappa shape index (κ2) is 28.3. The summed E-state index contributed by atoms with van der Waals surface area (Å²) in [7, 11) is 3.32. The summed E-state index contributed by atoms with van der Waals surface area (Å²) in [4.78, 5) is 3.43. The first-order chi connectivity index (χ1) is 28.2. The molecule has 332 valence electrons. The van der Waals surface area contributed by atoms with E-state index in [1.807, 2.05) is 54.6 Å². The molecule has 4 rings (SSSR count). The molecule has 4 aromatic rings. The van der Waals surface area contributed by atoms with Gasteiger partial charge in [-0.2, -0.15) is 18.3 Å². The Labute approximate surface area is 403 Å². The average molecular weight is 966 g/mol. The minimum Gasteiger partial charge on any atom is -0.780 e. The van der Waals surface area contributed by atoms with Crippen LogP contribution in [0.4, 0.5) is 0 Å². The van der Waals surface area contributed by atoms with Crippen molar-refractivity contribution in [3.63, 3.8) is 0 Å². The Kier molecular flexibility index (Phi) is 25.4. The van der Waals surface area contributed by atoms with Crippen LogP contribution in [-0.2, 0) is 67.0 Å². The monoisotopic (exact) mass is 964 g/mol. The molecule has 0 aliphatic carbocycles. The third-order valence-electron chi connectivity index (χ3n) is 9.95. The molecule has 0 spiro atoms. The summed E-state index contributed by atoms with van der Waals surface area (Å²) in [6.45, 7) is 19.0. The van der Waals surface area contributed by atoms with E-state index in [1.165, 1.54) is 34.7 Å². The average Bonchev–Trinajstić information content (AvgIpc) is 3.24. The van der Waals surface area contributed by atoms with Crippen molar-refractivity contribution in [3.05, 3.63) is 116 Å². The SMILES string of the molecule is CCC(C)c1ccc(OCCC(C)C)c(/C([S-])=C(/[S-])Sc2ccc(OC)cc2)c1.CCC(CC)c1ccc(OCCC(C)C)c(/C([S-])=C(/[S-])Sc2ccc(OC)cc2)c1.[Ni]. The van der Waals surface area contributed by atoms with Crippen molar-refractivity contribution in [1.82, 2.24) is 0 Å². The molecular weight excluding hydrogens is 904 g/mol. The van der Waals surface area contributed by atoms with E-state index in [0.717, 1.165) is 76.0 Å². The van der Waals surface area contributed by atoms with E-state index in [-0.39, 0.29) is 16.5 Å². The van der Waals surface area contributed by atoms with Crippen LogP contribution in [0.15, 0.2) is 103 Å². The molecule has 0 aliphatic rings. The molecule has 11 heteroatoms. The molecule has 0 aromatic heterocycles. The van der Waals surface area contributed by atoms with Crippen LogP contribution in [0.3, 0.4) is 0 Å². The summed E-state index contributed by atoms with van der Waals surface area (Å²) in [6.07, 6.45) is 5.28. The largest absolute Gasteiger partial charge is 0.780 e. The number of ether oxygens (including phenoxy) is 4. The van der Waals surface area contributed by atoms with Crippen LogP contribution in [0.1, 0.15) is 122 Å². The fraction of sp³-hybridized carbons (Fsp3) is 0.429. The van der Waals surface area contributed by atoms with Crippen LogP contribution in [-0.4, -0.2) is 27.4 Å². The first-order valence-electron chi connectivity index (χ1n) is 20.6. The van der Waals surface area contributed by atoms with Crippen LogP contribution in [0.5, 0.6) is 23.0 Å². The van der Waals surface area contributed by atoms with Crippen molar-refractivity contribution in [2.24, 2.45) is 11.8 Å². The van der Waals surface area contributed by atoms with E-state index in [9.17, 15) is 0 Å². The van der Waals surface area contributed by atoms with Crippen molar-refractivity contribution in [2.45, 2.75) is 109 Å². The third kappa shape index (κ3) is 17.4. The molecule has 0 radical (unpaired) electrons. The number of benzene rings is 4. The van der Waals surface area contributed by atoms with Gasteiger partial charge in [-0.25, -0.2) is 0 Å². The van der Waals surface area contributed by atoms with Gasteiger partial charge >= 0.3 is 0 Å². The van der Waals surface area contributed by atoms with Crippen LogP contribution in [0.25, 0.3) is 9.81 Å².